The van der Waals surface area contributed by atoms with E-state index in [1.165, 1.54) is 0 Å². The highest BCUT2D eigenvalue weighted by atomic mass is 16.6. The molecule has 0 bridgehead atoms. The van der Waals surface area contributed by atoms with Crippen molar-refractivity contribution in [3.63, 3.8) is 0 Å². The molecule has 0 spiro atoms. The highest BCUT2D eigenvalue weighted by Crippen LogP contribution is 2.24. The Labute approximate surface area is 59.6 Å². The number of rotatable bonds is 1. The smallest absolute Gasteiger partial charge is 0.427 e. The molecule has 0 radical (unpaired) electrons. The van der Waals surface area contributed by atoms with Crippen LogP contribution in [0.25, 0.3) is 0 Å². The van der Waals surface area contributed by atoms with Gasteiger partial charge in [0.15, 0.2) is 0 Å². The SMILES string of the molecule is CC1=NOC(C)C1B(O)O. The van der Waals surface area contributed by atoms with E-state index in [9.17, 15) is 0 Å². The largest absolute Gasteiger partial charge is 0.464 e. The Bertz CT molecular complexity index is 159. The average Bonchev–Trinajstić information content (AvgIpc) is 2.11. The molecule has 2 N–H and O–H groups in total. The minimum atomic E-state index is -1.36. The van der Waals surface area contributed by atoms with Crippen LogP contribution >= 0.6 is 0 Å². The molecule has 0 aromatic heterocycles. The molecule has 0 aromatic carbocycles. The second kappa shape index (κ2) is 2.60. The van der Waals surface area contributed by atoms with Gasteiger partial charge in [0.25, 0.3) is 0 Å². The van der Waals surface area contributed by atoms with Gasteiger partial charge in [-0.05, 0) is 13.8 Å². The number of oxime groups is 1. The van der Waals surface area contributed by atoms with Gasteiger partial charge in [-0.15, -0.1) is 0 Å². The van der Waals surface area contributed by atoms with Gasteiger partial charge in [-0.3, -0.25) is 0 Å². The molecule has 10 heavy (non-hydrogen) atoms. The van der Waals surface area contributed by atoms with Crippen LogP contribution in [0.1, 0.15) is 13.8 Å². The fraction of sp³-hybridized carbons (Fsp3) is 0.800. The predicted octanol–water partition coefficient (Wildman–Crippen LogP) is -0.376. The van der Waals surface area contributed by atoms with Crippen molar-refractivity contribution >= 4 is 12.8 Å². The molecular formula is C5H10BNO3. The van der Waals surface area contributed by atoms with E-state index < -0.39 is 7.12 Å². The summed E-state index contributed by atoms with van der Waals surface area (Å²) in [6, 6.07) is 0. The fourth-order valence-corrected chi connectivity index (χ4v) is 1.09. The Kier molecular flexibility index (Phi) is 1.96. The van der Waals surface area contributed by atoms with Crippen molar-refractivity contribution < 1.29 is 14.9 Å². The molecule has 0 amide bonds. The molecular weight excluding hydrogens is 133 g/mol. The molecule has 1 aliphatic heterocycles. The molecule has 0 fully saturated rings. The zero-order valence-corrected chi connectivity index (χ0v) is 5.98. The van der Waals surface area contributed by atoms with E-state index in [4.69, 9.17) is 14.9 Å². The van der Waals surface area contributed by atoms with E-state index in [2.05, 4.69) is 5.16 Å². The van der Waals surface area contributed by atoms with Crippen LogP contribution in [0.4, 0.5) is 0 Å². The van der Waals surface area contributed by atoms with Crippen molar-refractivity contribution in [3.8, 4) is 0 Å². The van der Waals surface area contributed by atoms with Crippen LogP contribution < -0.4 is 0 Å². The summed E-state index contributed by atoms with van der Waals surface area (Å²) in [6.07, 6.45) is -0.222. The summed E-state index contributed by atoms with van der Waals surface area (Å²) < 4.78 is 0. The molecule has 0 saturated heterocycles. The minimum absolute atomic E-state index is 0.222. The third-order valence-corrected chi connectivity index (χ3v) is 1.67. The van der Waals surface area contributed by atoms with Gasteiger partial charge in [0.1, 0.15) is 6.10 Å². The summed E-state index contributed by atoms with van der Waals surface area (Å²) in [5.41, 5.74) is 0.641. The first kappa shape index (κ1) is 7.56. The summed E-state index contributed by atoms with van der Waals surface area (Å²) in [5, 5.41) is 21.2. The van der Waals surface area contributed by atoms with E-state index in [0.29, 0.717) is 5.71 Å². The number of hydrogen-bond acceptors (Lipinski definition) is 4. The lowest BCUT2D eigenvalue weighted by molar-refractivity contribution is 0.0946. The van der Waals surface area contributed by atoms with Crippen molar-refractivity contribution in [2.45, 2.75) is 25.8 Å². The first-order valence-electron chi connectivity index (χ1n) is 3.19. The molecule has 2 atom stereocenters. The maximum atomic E-state index is 8.79. The van der Waals surface area contributed by atoms with Crippen LogP contribution in [0.5, 0.6) is 0 Å². The summed E-state index contributed by atoms with van der Waals surface area (Å²) in [7, 11) is -1.36. The third-order valence-electron chi connectivity index (χ3n) is 1.67. The standard InChI is InChI=1S/C5H10BNO3/c1-3-5(6(8)9)4(2)10-7-3/h4-5,8-9H,1-2H3. The highest BCUT2D eigenvalue weighted by Gasteiger charge is 2.37. The zero-order chi connectivity index (χ0) is 7.72. The second-order valence-electron chi connectivity index (χ2n) is 2.48. The van der Waals surface area contributed by atoms with Gasteiger partial charge < -0.3 is 14.9 Å². The number of hydrogen-bond donors (Lipinski definition) is 2. The molecule has 5 heteroatoms. The minimum Gasteiger partial charge on any atom is -0.427 e. The van der Waals surface area contributed by atoms with E-state index in [0.717, 1.165) is 0 Å². The van der Waals surface area contributed by atoms with Crippen molar-refractivity contribution in [1.82, 2.24) is 0 Å². The van der Waals surface area contributed by atoms with Gasteiger partial charge in [0.2, 0.25) is 0 Å². The number of nitrogens with zero attached hydrogens (tertiary/aromatic N) is 1. The Morgan fingerprint density at radius 1 is 1.60 bits per heavy atom. The first-order valence-corrected chi connectivity index (χ1v) is 3.19. The van der Waals surface area contributed by atoms with Gasteiger partial charge in [-0.25, -0.2) is 0 Å². The van der Waals surface area contributed by atoms with Crippen LogP contribution in [0.2, 0.25) is 5.82 Å². The van der Waals surface area contributed by atoms with Crippen molar-refractivity contribution in [2.75, 3.05) is 0 Å². The van der Waals surface area contributed by atoms with Crippen LogP contribution in [0, 0.1) is 0 Å². The monoisotopic (exact) mass is 143 g/mol. The fourth-order valence-electron chi connectivity index (χ4n) is 1.09. The Morgan fingerprint density at radius 2 is 2.20 bits per heavy atom. The van der Waals surface area contributed by atoms with Gasteiger partial charge in [-0.1, -0.05) is 5.16 Å². The van der Waals surface area contributed by atoms with Crippen molar-refractivity contribution in [2.24, 2.45) is 5.16 Å². The molecule has 1 aliphatic rings. The molecule has 0 aromatic rings. The quantitative estimate of drug-likeness (QED) is 0.492. The molecule has 0 saturated carbocycles. The summed E-state index contributed by atoms with van der Waals surface area (Å²) in [5.74, 6) is -0.361. The summed E-state index contributed by atoms with van der Waals surface area (Å²) in [4.78, 5) is 4.81. The summed E-state index contributed by atoms with van der Waals surface area (Å²) in [6.45, 7) is 3.47. The summed E-state index contributed by atoms with van der Waals surface area (Å²) >= 11 is 0. The van der Waals surface area contributed by atoms with Crippen LogP contribution in [-0.2, 0) is 4.84 Å². The highest BCUT2D eigenvalue weighted by molar-refractivity contribution is 6.50. The molecule has 4 nitrogen and oxygen atoms in total. The average molecular weight is 143 g/mol. The third kappa shape index (κ3) is 1.15. The van der Waals surface area contributed by atoms with Gasteiger partial charge in [0.05, 0.1) is 11.5 Å². The Hall–Kier alpha value is -0.545. The Morgan fingerprint density at radius 3 is 2.40 bits per heavy atom. The molecule has 1 rings (SSSR count). The zero-order valence-electron chi connectivity index (χ0n) is 5.98. The van der Waals surface area contributed by atoms with E-state index in [1.54, 1.807) is 13.8 Å². The van der Waals surface area contributed by atoms with Gasteiger partial charge >= 0.3 is 7.12 Å². The van der Waals surface area contributed by atoms with E-state index in [1.807, 2.05) is 0 Å². The molecule has 1 heterocycles. The molecule has 56 valence electrons. The second-order valence-corrected chi connectivity index (χ2v) is 2.48. The maximum Gasteiger partial charge on any atom is 0.464 e. The van der Waals surface area contributed by atoms with Gasteiger partial charge in [0, 0.05) is 0 Å². The molecule has 0 aliphatic carbocycles. The maximum absolute atomic E-state index is 8.79. The van der Waals surface area contributed by atoms with Crippen LogP contribution in [-0.4, -0.2) is 29.0 Å². The van der Waals surface area contributed by atoms with Gasteiger partial charge in [-0.2, -0.15) is 0 Å². The lowest BCUT2D eigenvalue weighted by Crippen LogP contribution is -2.30. The topological polar surface area (TPSA) is 62.0 Å². The van der Waals surface area contributed by atoms with E-state index >= 15 is 0 Å². The van der Waals surface area contributed by atoms with Crippen LogP contribution in [0.15, 0.2) is 5.16 Å². The van der Waals surface area contributed by atoms with Crippen LogP contribution in [0.3, 0.4) is 0 Å². The predicted molar refractivity (Wildman–Crippen MR) is 37.6 cm³/mol. The van der Waals surface area contributed by atoms with E-state index in [-0.39, 0.29) is 11.9 Å². The normalized spacial score (nSPS) is 31.4. The van der Waals surface area contributed by atoms with Crippen molar-refractivity contribution in [1.29, 1.82) is 0 Å². The lowest BCUT2D eigenvalue weighted by Gasteiger charge is -2.10. The first-order chi connectivity index (χ1) is 4.63. The van der Waals surface area contributed by atoms with Crippen molar-refractivity contribution in [3.05, 3.63) is 0 Å². The lowest BCUT2D eigenvalue weighted by atomic mass is 9.68. The molecule has 2 unspecified atom stereocenters. The Balaban J connectivity index is 2.64.